The van der Waals surface area contributed by atoms with Crippen LogP contribution in [0.5, 0.6) is 5.75 Å². The minimum absolute atomic E-state index is 0.327. The molecule has 0 unspecified atom stereocenters. The van der Waals surface area contributed by atoms with Gasteiger partial charge in [0, 0.05) is 25.0 Å². The van der Waals surface area contributed by atoms with Crippen molar-refractivity contribution >= 4 is 17.5 Å². The fourth-order valence-corrected chi connectivity index (χ4v) is 1.81. The van der Waals surface area contributed by atoms with Crippen molar-refractivity contribution in [3.05, 3.63) is 36.0 Å². The third kappa shape index (κ3) is 3.50. The molecule has 20 heavy (non-hydrogen) atoms. The van der Waals surface area contributed by atoms with Crippen LogP contribution in [0.25, 0.3) is 0 Å². The summed E-state index contributed by atoms with van der Waals surface area (Å²) in [6, 6.07) is 6.91. The average molecular weight is 274 g/mol. The number of urea groups is 1. The number of aromatic nitrogens is 2. The van der Waals surface area contributed by atoms with E-state index in [1.165, 1.54) is 0 Å². The molecule has 0 aliphatic heterocycles. The number of nitrogens with zero attached hydrogens (tertiary/aromatic N) is 2. The predicted molar refractivity (Wildman–Crippen MR) is 78.2 cm³/mol. The SMILES string of the molecule is CCOc1ccc(NC(=O)Nc2ccn(C)n2)cc1C. The minimum Gasteiger partial charge on any atom is -0.494 e. The monoisotopic (exact) mass is 274 g/mol. The molecular weight excluding hydrogens is 256 g/mol. The van der Waals surface area contributed by atoms with Gasteiger partial charge in [-0.2, -0.15) is 5.10 Å². The molecule has 1 aromatic carbocycles. The number of carbonyl (C=O) groups is 1. The van der Waals surface area contributed by atoms with Gasteiger partial charge in [0.1, 0.15) is 5.75 Å². The normalized spacial score (nSPS) is 10.2. The van der Waals surface area contributed by atoms with E-state index in [1.54, 1.807) is 30.1 Å². The van der Waals surface area contributed by atoms with Crippen LogP contribution < -0.4 is 15.4 Å². The van der Waals surface area contributed by atoms with Crippen molar-refractivity contribution in [3.63, 3.8) is 0 Å². The van der Waals surface area contributed by atoms with Gasteiger partial charge in [-0.3, -0.25) is 10.00 Å². The van der Waals surface area contributed by atoms with E-state index in [9.17, 15) is 4.79 Å². The Labute approximate surface area is 117 Å². The number of rotatable bonds is 4. The molecule has 2 aromatic rings. The maximum absolute atomic E-state index is 11.8. The third-order valence-corrected chi connectivity index (χ3v) is 2.69. The summed E-state index contributed by atoms with van der Waals surface area (Å²) < 4.78 is 7.08. The number of amides is 2. The molecule has 2 amide bonds. The highest BCUT2D eigenvalue weighted by molar-refractivity contribution is 5.99. The van der Waals surface area contributed by atoms with Crippen molar-refractivity contribution in [3.8, 4) is 5.75 Å². The highest BCUT2D eigenvalue weighted by Crippen LogP contribution is 2.22. The second-order valence-electron chi connectivity index (χ2n) is 4.37. The molecule has 6 nitrogen and oxygen atoms in total. The lowest BCUT2D eigenvalue weighted by molar-refractivity contribution is 0.262. The first kappa shape index (κ1) is 13.9. The van der Waals surface area contributed by atoms with Gasteiger partial charge in [0.05, 0.1) is 6.61 Å². The fourth-order valence-electron chi connectivity index (χ4n) is 1.81. The number of anilines is 2. The molecule has 0 aliphatic carbocycles. The molecule has 1 aromatic heterocycles. The summed E-state index contributed by atoms with van der Waals surface area (Å²) >= 11 is 0. The third-order valence-electron chi connectivity index (χ3n) is 2.69. The summed E-state index contributed by atoms with van der Waals surface area (Å²) in [4.78, 5) is 11.8. The van der Waals surface area contributed by atoms with Crippen LogP contribution in [0.2, 0.25) is 0 Å². The van der Waals surface area contributed by atoms with Crippen LogP contribution in [0.3, 0.4) is 0 Å². The lowest BCUT2D eigenvalue weighted by Crippen LogP contribution is -2.19. The Morgan fingerprint density at radius 2 is 2.15 bits per heavy atom. The van der Waals surface area contributed by atoms with Gasteiger partial charge in [-0.05, 0) is 37.6 Å². The molecule has 0 radical (unpaired) electrons. The van der Waals surface area contributed by atoms with Gasteiger partial charge in [0.25, 0.3) is 0 Å². The van der Waals surface area contributed by atoms with Gasteiger partial charge in [0.15, 0.2) is 5.82 Å². The summed E-state index contributed by atoms with van der Waals surface area (Å²) in [7, 11) is 1.79. The second kappa shape index (κ2) is 6.10. The van der Waals surface area contributed by atoms with Gasteiger partial charge in [-0.1, -0.05) is 0 Å². The Morgan fingerprint density at radius 1 is 1.35 bits per heavy atom. The standard InChI is InChI=1S/C14H18N4O2/c1-4-20-12-6-5-11(9-10(12)2)15-14(19)16-13-7-8-18(3)17-13/h5-9H,4H2,1-3H3,(H2,15,16,17,19). The van der Waals surface area contributed by atoms with Gasteiger partial charge in [-0.15, -0.1) is 0 Å². The van der Waals surface area contributed by atoms with E-state index >= 15 is 0 Å². The molecule has 0 bridgehead atoms. The second-order valence-corrected chi connectivity index (χ2v) is 4.37. The van der Waals surface area contributed by atoms with Gasteiger partial charge < -0.3 is 10.1 Å². The number of hydrogen-bond acceptors (Lipinski definition) is 3. The van der Waals surface area contributed by atoms with Gasteiger partial charge in [-0.25, -0.2) is 4.79 Å². The molecule has 0 saturated heterocycles. The Kier molecular flexibility index (Phi) is 4.24. The van der Waals surface area contributed by atoms with Crippen molar-refractivity contribution in [2.24, 2.45) is 7.05 Å². The van der Waals surface area contributed by atoms with E-state index in [0.29, 0.717) is 18.1 Å². The van der Waals surface area contributed by atoms with Crippen LogP contribution in [0.1, 0.15) is 12.5 Å². The molecule has 1 heterocycles. The Hall–Kier alpha value is -2.50. The molecule has 0 saturated carbocycles. The van der Waals surface area contributed by atoms with Crippen molar-refractivity contribution < 1.29 is 9.53 Å². The van der Waals surface area contributed by atoms with Crippen LogP contribution >= 0.6 is 0 Å². The predicted octanol–water partition coefficient (Wildman–Crippen LogP) is 2.77. The lowest BCUT2D eigenvalue weighted by atomic mass is 10.2. The Balaban J connectivity index is 1.99. The average Bonchev–Trinajstić information content (AvgIpc) is 2.78. The number of benzene rings is 1. The zero-order valence-corrected chi connectivity index (χ0v) is 11.8. The van der Waals surface area contributed by atoms with E-state index in [4.69, 9.17) is 4.74 Å². The number of nitrogens with one attached hydrogen (secondary N) is 2. The van der Waals surface area contributed by atoms with E-state index in [1.807, 2.05) is 26.0 Å². The molecule has 2 rings (SSSR count). The molecule has 106 valence electrons. The minimum atomic E-state index is -0.327. The highest BCUT2D eigenvalue weighted by Gasteiger charge is 2.06. The van der Waals surface area contributed by atoms with Crippen LogP contribution in [0.4, 0.5) is 16.3 Å². The molecular formula is C14H18N4O2. The highest BCUT2D eigenvalue weighted by atomic mass is 16.5. The number of aryl methyl sites for hydroxylation is 2. The van der Waals surface area contributed by atoms with Crippen molar-refractivity contribution in [1.29, 1.82) is 0 Å². The lowest BCUT2D eigenvalue weighted by Gasteiger charge is -2.10. The summed E-state index contributed by atoms with van der Waals surface area (Å²) in [5.41, 5.74) is 1.68. The summed E-state index contributed by atoms with van der Waals surface area (Å²) in [5.74, 6) is 1.33. The first-order chi connectivity index (χ1) is 9.58. The van der Waals surface area contributed by atoms with E-state index < -0.39 is 0 Å². The molecule has 0 aliphatic rings. The summed E-state index contributed by atoms with van der Waals surface area (Å²) in [6.45, 7) is 4.49. The van der Waals surface area contributed by atoms with Gasteiger partial charge in [0.2, 0.25) is 0 Å². The zero-order chi connectivity index (χ0) is 14.5. The maximum Gasteiger partial charge on any atom is 0.324 e. The largest absolute Gasteiger partial charge is 0.494 e. The number of carbonyl (C=O) groups excluding carboxylic acids is 1. The zero-order valence-electron chi connectivity index (χ0n) is 11.8. The van der Waals surface area contributed by atoms with E-state index in [0.717, 1.165) is 11.3 Å². The number of hydrogen-bond donors (Lipinski definition) is 2. The molecule has 6 heteroatoms. The van der Waals surface area contributed by atoms with Crippen molar-refractivity contribution in [1.82, 2.24) is 9.78 Å². The molecule has 0 fully saturated rings. The van der Waals surface area contributed by atoms with Crippen LogP contribution in [0.15, 0.2) is 30.5 Å². The number of ether oxygens (including phenoxy) is 1. The van der Waals surface area contributed by atoms with Crippen LogP contribution in [-0.4, -0.2) is 22.4 Å². The molecule has 2 N–H and O–H groups in total. The smallest absolute Gasteiger partial charge is 0.324 e. The Morgan fingerprint density at radius 3 is 2.75 bits per heavy atom. The van der Waals surface area contributed by atoms with Crippen molar-refractivity contribution in [2.45, 2.75) is 13.8 Å². The van der Waals surface area contributed by atoms with E-state index in [-0.39, 0.29) is 6.03 Å². The fraction of sp³-hybridized carbons (Fsp3) is 0.286. The van der Waals surface area contributed by atoms with Crippen LogP contribution in [0, 0.1) is 6.92 Å². The quantitative estimate of drug-likeness (QED) is 0.900. The van der Waals surface area contributed by atoms with Crippen LogP contribution in [-0.2, 0) is 7.05 Å². The molecule has 0 atom stereocenters. The maximum atomic E-state index is 11.8. The topological polar surface area (TPSA) is 68.2 Å². The molecule has 0 spiro atoms. The summed E-state index contributed by atoms with van der Waals surface area (Å²) in [5, 5.41) is 9.49. The van der Waals surface area contributed by atoms with E-state index in [2.05, 4.69) is 15.7 Å². The van der Waals surface area contributed by atoms with Crippen molar-refractivity contribution in [2.75, 3.05) is 17.2 Å². The first-order valence-corrected chi connectivity index (χ1v) is 6.39. The first-order valence-electron chi connectivity index (χ1n) is 6.39. The summed E-state index contributed by atoms with van der Waals surface area (Å²) in [6.07, 6.45) is 1.76. The Bertz CT molecular complexity index is 607. The van der Waals surface area contributed by atoms with Gasteiger partial charge >= 0.3 is 6.03 Å².